The van der Waals surface area contributed by atoms with Gasteiger partial charge in [0.15, 0.2) is 0 Å². The molecule has 0 heterocycles. The maximum Gasteiger partial charge on any atom is 2.00 e. The van der Waals surface area contributed by atoms with Crippen LogP contribution < -0.4 is 0 Å². The van der Waals surface area contributed by atoms with Gasteiger partial charge in [-0.05, 0) is 107 Å². The summed E-state index contributed by atoms with van der Waals surface area (Å²) in [5.74, 6) is 0. The molecule has 0 atom stereocenters. The van der Waals surface area contributed by atoms with Crippen LogP contribution in [0.1, 0.15) is 230 Å². The average Bonchev–Trinajstić information content (AvgIpc) is 3.27. The van der Waals surface area contributed by atoms with Gasteiger partial charge in [-0.15, -0.1) is 0 Å². The summed E-state index contributed by atoms with van der Waals surface area (Å²) in [4.78, 5) is -0.170. The van der Waals surface area contributed by atoms with Crippen LogP contribution in [0.15, 0.2) is 70.5 Å². The molecule has 0 unspecified atom stereocenters. The van der Waals surface area contributed by atoms with E-state index in [-0.39, 0.29) is 47.5 Å². The third kappa shape index (κ3) is 22.6. The molecule has 6 nitrogen and oxygen atoms in total. The first kappa shape index (κ1) is 59.6. The van der Waals surface area contributed by atoms with E-state index in [9.17, 15) is 25.9 Å². The molecular formula is C56H86CaO6S2. The van der Waals surface area contributed by atoms with E-state index in [0.717, 1.165) is 49.3 Å². The van der Waals surface area contributed by atoms with Gasteiger partial charge in [0, 0.05) is 0 Å². The van der Waals surface area contributed by atoms with Crippen molar-refractivity contribution in [1.82, 2.24) is 0 Å². The first-order chi connectivity index (χ1) is 31.0. The van der Waals surface area contributed by atoms with E-state index in [1.165, 1.54) is 201 Å². The Hall–Kier alpha value is -1.52. The van der Waals surface area contributed by atoms with Gasteiger partial charge in [0.25, 0.3) is 0 Å². The van der Waals surface area contributed by atoms with Crippen molar-refractivity contribution >= 4 is 79.5 Å². The van der Waals surface area contributed by atoms with Crippen molar-refractivity contribution in [2.24, 2.45) is 0 Å². The quantitative estimate of drug-likeness (QED) is 0.0262. The molecule has 65 heavy (non-hydrogen) atoms. The van der Waals surface area contributed by atoms with Crippen molar-refractivity contribution in [3.8, 4) is 0 Å². The van der Waals surface area contributed by atoms with Crippen LogP contribution in [-0.2, 0) is 45.9 Å². The van der Waals surface area contributed by atoms with Crippen LogP contribution in [-0.4, -0.2) is 63.7 Å². The van der Waals surface area contributed by atoms with Crippen LogP contribution in [0, 0.1) is 0 Å². The van der Waals surface area contributed by atoms with Crippen LogP contribution in [0.25, 0.3) is 21.5 Å². The standard InChI is InChI=1S/2C28H44O3S.Ca/c2*1-3-5-7-9-11-13-15-18-24-22-23-27-26(20-17-21-28(27)32(29,30)31)25(24)19-16-14-12-10-8-6-4-2;/h2*17,20-23H,3-16,18-19H2,1-2H3,(H,29,30,31);/q;;+2/p-2. The maximum atomic E-state index is 11.8. The van der Waals surface area contributed by atoms with E-state index in [4.69, 9.17) is 0 Å². The van der Waals surface area contributed by atoms with E-state index < -0.39 is 20.2 Å². The number of fused-ring (bicyclic) bond motifs is 2. The Balaban J connectivity index is 0.000000440. The molecule has 360 valence electrons. The van der Waals surface area contributed by atoms with Gasteiger partial charge in [0.05, 0.1) is 9.79 Å². The minimum absolute atomic E-state index is 0. The smallest absolute Gasteiger partial charge is 0.744 e. The summed E-state index contributed by atoms with van der Waals surface area (Å²) >= 11 is 0. The zero-order valence-corrected chi connectivity index (χ0v) is 45.2. The third-order valence-electron chi connectivity index (χ3n) is 13.2. The van der Waals surface area contributed by atoms with Crippen molar-refractivity contribution in [2.45, 2.75) is 243 Å². The zero-order valence-electron chi connectivity index (χ0n) is 41.4. The molecule has 9 heteroatoms. The number of unbranched alkanes of at least 4 members (excludes halogenated alkanes) is 24. The monoisotopic (exact) mass is 959 g/mol. The fourth-order valence-corrected chi connectivity index (χ4v) is 10.8. The Morgan fingerprint density at radius 2 is 0.585 bits per heavy atom. The summed E-state index contributed by atoms with van der Waals surface area (Å²) in [6.07, 6.45) is 39.5. The van der Waals surface area contributed by atoms with E-state index in [2.05, 4.69) is 39.8 Å². The van der Waals surface area contributed by atoms with Gasteiger partial charge in [-0.25, -0.2) is 16.8 Å². The summed E-state index contributed by atoms with van der Waals surface area (Å²) in [5.41, 5.74) is 5.18. The van der Waals surface area contributed by atoms with Crippen molar-refractivity contribution in [1.29, 1.82) is 0 Å². The average molecular weight is 960 g/mol. The Labute approximate surface area is 427 Å². The second kappa shape index (κ2) is 34.7. The Morgan fingerprint density at radius 1 is 0.323 bits per heavy atom. The van der Waals surface area contributed by atoms with Gasteiger partial charge in [-0.3, -0.25) is 0 Å². The summed E-state index contributed by atoms with van der Waals surface area (Å²) in [7, 11) is -8.96. The van der Waals surface area contributed by atoms with E-state index in [1.54, 1.807) is 12.1 Å². The molecule has 0 saturated heterocycles. The van der Waals surface area contributed by atoms with Crippen molar-refractivity contribution in [2.75, 3.05) is 0 Å². The molecule has 0 aliphatic heterocycles. The summed E-state index contributed by atoms with van der Waals surface area (Å²) in [6.45, 7) is 8.97. The minimum atomic E-state index is -4.48. The second-order valence-corrected chi connectivity index (χ2v) is 21.2. The molecule has 0 radical (unpaired) electrons. The first-order valence-electron chi connectivity index (χ1n) is 26.0. The molecular weight excluding hydrogens is 873 g/mol. The normalized spacial score (nSPS) is 11.8. The molecule has 0 saturated carbocycles. The van der Waals surface area contributed by atoms with Gasteiger partial charge in [-0.1, -0.05) is 230 Å². The first-order valence-corrected chi connectivity index (χ1v) is 28.8. The molecule has 0 N–H and O–H groups in total. The molecule has 0 bridgehead atoms. The summed E-state index contributed by atoms with van der Waals surface area (Å²) < 4.78 is 70.8. The van der Waals surface area contributed by atoms with Crippen LogP contribution in [0.2, 0.25) is 0 Å². The number of rotatable bonds is 34. The van der Waals surface area contributed by atoms with Crippen LogP contribution in [0.4, 0.5) is 0 Å². The Bertz CT molecular complexity index is 1960. The second-order valence-electron chi connectivity index (χ2n) is 18.5. The van der Waals surface area contributed by atoms with Gasteiger partial charge in [-0.2, -0.15) is 0 Å². The maximum absolute atomic E-state index is 11.8. The number of hydrogen-bond acceptors (Lipinski definition) is 6. The van der Waals surface area contributed by atoms with Crippen LogP contribution in [0.5, 0.6) is 0 Å². The predicted octanol–water partition coefficient (Wildman–Crippen LogP) is 16.3. The minimum Gasteiger partial charge on any atom is -0.744 e. The Kier molecular flexibility index (Phi) is 31.8. The molecule has 0 spiro atoms. The molecule has 4 aromatic carbocycles. The number of benzene rings is 4. The fourth-order valence-electron chi connectivity index (χ4n) is 9.43. The van der Waals surface area contributed by atoms with Crippen molar-refractivity contribution < 1.29 is 25.9 Å². The van der Waals surface area contributed by atoms with Gasteiger partial charge in [0.1, 0.15) is 20.2 Å². The van der Waals surface area contributed by atoms with Crippen LogP contribution in [0.3, 0.4) is 0 Å². The van der Waals surface area contributed by atoms with Gasteiger partial charge in [0.2, 0.25) is 0 Å². The van der Waals surface area contributed by atoms with E-state index >= 15 is 0 Å². The van der Waals surface area contributed by atoms with Gasteiger partial charge >= 0.3 is 37.7 Å². The van der Waals surface area contributed by atoms with Crippen LogP contribution >= 0.6 is 0 Å². The zero-order chi connectivity index (χ0) is 46.5. The van der Waals surface area contributed by atoms with E-state index in [0.29, 0.717) is 10.8 Å². The van der Waals surface area contributed by atoms with E-state index in [1.807, 2.05) is 24.3 Å². The molecule has 0 aliphatic carbocycles. The molecule has 4 aromatic rings. The third-order valence-corrected chi connectivity index (χ3v) is 14.9. The summed E-state index contributed by atoms with van der Waals surface area (Å²) in [6, 6.07) is 18.2. The predicted molar refractivity (Wildman–Crippen MR) is 276 cm³/mol. The Morgan fingerprint density at radius 3 is 0.862 bits per heavy atom. The number of aryl methyl sites for hydroxylation is 4. The molecule has 0 aliphatic rings. The SMILES string of the molecule is CCCCCCCCCc1ccc2c(S(=O)(=O)[O-])cccc2c1CCCCCCCCC.CCCCCCCCCc1ccc2c(S(=O)(=O)[O-])cccc2c1CCCCCCCCC.[Ca+2]. The summed E-state index contributed by atoms with van der Waals surface area (Å²) in [5, 5.41) is 3.08. The molecule has 0 aromatic heterocycles. The molecule has 4 rings (SSSR count). The fraction of sp³-hybridized carbons (Fsp3) is 0.643. The largest absolute Gasteiger partial charge is 2.00 e. The van der Waals surface area contributed by atoms with Gasteiger partial charge < -0.3 is 9.11 Å². The molecule has 0 amide bonds. The molecule has 0 fully saturated rings. The number of hydrogen-bond donors (Lipinski definition) is 0. The topological polar surface area (TPSA) is 114 Å². The van der Waals surface area contributed by atoms with Crippen molar-refractivity contribution in [3.05, 3.63) is 82.9 Å². The van der Waals surface area contributed by atoms with Crippen molar-refractivity contribution in [3.63, 3.8) is 0 Å².